The predicted molar refractivity (Wildman–Crippen MR) is 69.9 cm³/mol. The van der Waals surface area contributed by atoms with Crippen LogP contribution in [-0.2, 0) is 0 Å². The van der Waals surface area contributed by atoms with Gasteiger partial charge in [0.2, 0.25) is 0 Å². The Morgan fingerprint density at radius 3 is 2.38 bits per heavy atom. The highest BCUT2D eigenvalue weighted by molar-refractivity contribution is 7.99. The third-order valence-corrected chi connectivity index (χ3v) is 3.24. The molecule has 16 heavy (non-hydrogen) atoms. The Bertz CT molecular complexity index is 462. The van der Waals surface area contributed by atoms with Crippen LogP contribution in [0.2, 0.25) is 0 Å². The molecule has 2 aromatic carbocycles. The van der Waals surface area contributed by atoms with Gasteiger partial charge in [-0.2, -0.15) is 0 Å². The highest BCUT2D eigenvalue weighted by atomic mass is 32.2. The Morgan fingerprint density at radius 2 is 1.75 bits per heavy atom. The van der Waals surface area contributed by atoms with Gasteiger partial charge in [0, 0.05) is 4.90 Å². The summed E-state index contributed by atoms with van der Waals surface area (Å²) < 4.78 is 0. The highest BCUT2D eigenvalue weighted by Gasteiger charge is 1.99. The standard InChI is InChI=1S/C14H14OS/c1-2-16-14-8-6-11(7-9-14)12-4-3-5-13(15)10-12/h3-10,15H,2H2,1H3. The van der Waals surface area contributed by atoms with Gasteiger partial charge in [0.05, 0.1) is 0 Å². The SMILES string of the molecule is CCSc1ccc(-c2cccc(O)c2)cc1. The lowest BCUT2D eigenvalue weighted by atomic mass is 10.1. The van der Waals surface area contributed by atoms with Gasteiger partial charge in [0.1, 0.15) is 5.75 Å². The van der Waals surface area contributed by atoms with Gasteiger partial charge in [-0.1, -0.05) is 31.2 Å². The maximum atomic E-state index is 9.41. The Labute approximate surface area is 100 Å². The minimum atomic E-state index is 0.310. The van der Waals surface area contributed by atoms with E-state index in [-0.39, 0.29) is 0 Å². The van der Waals surface area contributed by atoms with E-state index in [1.165, 1.54) is 4.90 Å². The van der Waals surface area contributed by atoms with Crippen molar-refractivity contribution in [3.8, 4) is 16.9 Å². The molecule has 2 rings (SSSR count). The van der Waals surface area contributed by atoms with Crippen LogP contribution >= 0.6 is 11.8 Å². The van der Waals surface area contributed by atoms with Gasteiger partial charge in [-0.25, -0.2) is 0 Å². The third-order valence-electron chi connectivity index (χ3n) is 2.34. The summed E-state index contributed by atoms with van der Waals surface area (Å²) in [6.07, 6.45) is 0. The molecular formula is C14H14OS. The second kappa shape index (κ2) is 5.08. The molecule has 0 aliphatic heterocycles. The van der Waals surface area contributed by atoms with Crippen LogP contribution in [0.5, 0.6) is 5.75 Å². The molecule has 0 atom stereocenters. The number of phenolic OH excluding ortho intramolecular Hbond substituents is 1. The van der Waals surface area contributed by atoms with E-state index in [0.717, 1.165) is 16.9 Å². The van der Waals surface area contributed by atoms with E-state index < -0.39 is 0 Å². The number of hydrogen-bond acceptors (Lipinski definition) is 2. The molecule has 0 aliphatic rings. The van der Waals surface area contributed by atoms with Crippen molar-refractivity contribution in [3.63, 3.8) is 0 Å². The zero-order valence-electron chi connectivity index (χ0n) is 9.18. The van der Waals surface area contributed by atoms with Crippen LogP contribution < -0.4 is 0 Å². The molecule has 0 radical (unpaired) electrons. The molecule has 0 aromatic heterocycles. The first-order chi connectivity index (χ1) is 7.79. The molecule has 0 amide bonds. The van der Waals surface area contributed by atoms with Gasteiger partial charge in [-0.15, -0.1) is 11.8 Å². The number of aromatic hydroxyl groups is 1. The summed E-state index contributed by atoms with van der Waals surface area (Å²) in [4.78, 5) is 1.28. The molecule has 1 N–H and O–H groups in total. The summed E-state index contributed by atoms with van der Waals surface area (Å²) in [6.45, 7) is 2.15. The molecule has 0 aliphatic carbocycles. The minimum Gasteiger partial charge on any atom is -0.508 e. The van der Waals surface area contributed by atoms with E-state index in [1.807, 2.05) is 23.9 Å². The lowest BCUT2D eigenvalue weighted by Crippen LogP contribution is -1.78. The quantitative estimate of drug-likeness (QED) is 0.798. The Morgan fingerprint density at radius 1 is 1.00 bits per heavy atom. The monoisotopic (exact) mass is 230 g/mol. The van der Waals surface area contributed by atoms with Crippen molar-refractivity contribution in [1.82, 2.24) is 0 Å². The molecule has 82 valence electrons. The van der Waals surface area contributed by atoms with Gasteiger partial charge < -0.3 is 5.11 Å². The Balaban J connectivity index is 2.27. The molecule has 0 fully saturated rings. The molecule has 2 aromatic rings. The van der Waals surface area contributed by atoms with Crippen LogP contribution in [0.4, 0.5) is 0 Å². The number of rotatable bonds is 3. The van der Waals surface area contributed by atoms with E-state index in [9.17, 15) is 5.11 Å². The molecule has 1 nitrogen and oxygen atoms in total. The predicted octanol–water partition coefficient (Wildman–Crippen LogP) is 4.17. The second-order valence-corrected chi connectivity index (χ2v) is 4.85. The van der Waals surface area contributed by atoms with Crippen LogP contribution in [0.15, 0.2) is 53.4 Å². The molecule has 0 bridgehead atoms. The fraction of sp³-hybridized carbons (Fsp3) is 0.143. The number of thioether (sulfide) groups is 1. The molecule has 0 saturated carbocycles. The van der Waals surface area contributed by atoms with E-state index >= 15 is 0 Å². The first-order valence-electron chi connectivity index (χ1n) is 5.32. The van der Waals surface area contributed by atoms with Gasteiger partial charge in [-0.3, -0.25) is 0 Å². The van der Waals surface area contributed by atoms with Crippen LogP contribution in [0.1, 0.15) is 6.92 Å². The summed E-state index contributed by atoms with van der Waals surface area (Å²) in [5, 5.41) is 9.41. The molecule has 0 saturated heterocycles. The largest absolute Gasteiger partial charge is 0.508 e. The van der Waals surface area contributed by atoms with Gasteiger partial charge >= 0.3 is 0 Å². The lowest BCUT2D eigenvalue weighted by Gasteiger charge is -2.04. The van der Waals surface area contributed by atoms with Crippen LogP contribution in [0, 0.1) is 0 Å². The Kier molecular flexibility index (Phi) is 3.52. The first-order valence-corrected chi connectivity index (χ1v) is 6.30. The van der Waals surface area contributed by atoms with E-state index in [4.69, 9.17) is 0 Å². The average Bonchev–Trinajstić information content (AvgIpc) is 2.30. The fourth-order valence-corrected chi connectivity index (χ4v) is 2.26. The summed E-state index contributed by atoms with van der Waals surface area (Å²) in [5.74, 6) is 1.40. The van der Waals surface area contributed by atoms with Gasteiger partial charge in [0.25, 0.3) is 0 Å². The van der Waals surface area contributed by atoms with E-state index in [1.54, 1.807) is 12.1 Å². The third kappa shape index (κ3) is 2.58. The Hall–Kier alpha value is -1.41. The van der Waals surface area contributed by atoms with Crippen LogP contribution in [0.3, 0.4) is 0 Å². The van der Waals surface area contributed by atoms with E-state index in [2.05, 4.69) is 31.2 Å². The second-order valence-electron chi connectivity index (χ2n) is 3.51. The summed E-state index contributed by atoms with van der Waals surface area (Å²) >= 11 is 1.83. The summed E-state index contributed by atoms with van der Waals surface area (Å²) in [7, 11) is 0. The average molecular weight is 230 g/mol. The molecule has 0 heterocycles. The number of benzene rings is 2. The molecular weight excluding hydrogens is 216 g/mol. The molecule has 2 heteroatoms. The van der Waals surface area contributed by atoms with Crippen molar-refractivity contribution in [1.29, 1.82) is 0 Å². The minimum absolute atomic E-state index is 0.310. The normalized spacial score (nSPS) is 10.3. The van der Waals surface area contributed by atoms with Crippen molar-refractivity contribution >= 4 is 11.8 Å². The van der Waals surface area contributed by atoms with Gasteiger partial charge in [0.15, 0.2) is 0 Å². The maximum Gasteiger partial charge on any atom is 0.116 e. The summed E-state index contributed by atoms with van der Waals surface area (Å²) in [6, 6.07) is 15.7. The molecule has 0 spiro atoms. The van der Waals surface area contributed by atoms with Crippen molar-refractivity contribution in [2.75, 3.05) is 5.75 Å². The highest BCUT2D eigenvalue weighted by Crippen LogP contribution is 2.26. The molecule has 0 unspecified atom stereocenters. The van der Waals surface area contributed by atoms with Crippen LogP contribution in [0.25, 0.3) is 11.1 Å². The zero-order chi connectivity index (χ0) is 11.4. The lowest BCUT2D eigenvalue weighted by molar-refractivity contribution is 0.475. The van der Waals surface area contributed by atoms with Crippen LogP contribution in [-0.4, -0.2) is 10.9 Å². The van der Waals surface area contributed by atoms with Crippen molar-refractivity contribution in [2.24, 2.45) is 0 Å². The first kappa shape index (κ1) is 11.1. The smallest absolute Gasteiger partial charge is 0.116 e. The van der Waals surface area contributed by atoms with E-state index in [0.29, 0.717) is 5.75 Å². The number of hydrogen-bond donors (Lipinski definition) is 1. The summed E-state index contributed by atoms with van der Waals surface area (Å²) in [5.41, 5.74) is 2.18. The van der Waals surface area contributed by atoms with Crippen molar-refractivity contribution in [3.05, 3.63) is 48.5 Å². The fourth-order valence-electron chi connectivity index (χ4n) is 1.60. The zero-order valence-corrected chi connectivity index (χ0v) is 10.00. The van der Waals surface area contributed by atoms with Gasteiger partial charge in [-0.05, 0) is 41.1 Å². The van der Waals surface area contributed by atoms with Crippen molar-refractivity contribution < 1.29 is 5.11 Å². The topological polar surface area (TPSA) is 20.2 Å². The number of phenols is 1. The van der Waals surface area contributed by atoms with Crippen molar-refractivity contribution in [2.45, 2.75) is 11.8 Å². The maximum absolute atomic E-state index is 9.41.